The number of rotatable bonds is 2. The van der Waals surface area contributed by atoms with Crippen LogP contribution in [0.1, 0.15) is 5.56 Å². The standard InChI is InChI=1S/C12H6ClF3N2O/c13-18-5-4-9(7-17)11(18)8-2-1-3-10(6-8)19-12(14,15)16/h1-6H. The molecular formula is C12H6ClF3N2O. The maximum Gasteiger partial charge on any atom is 0.573 e. The fourth-order valence-corrected chi connectivity index (χ4v) is 1.86. The van der Waals surface area contributed by atoms with Crippen LogP contribution in [0.2, 0.25) is 0 Å². The molecule has 0 amide bonds. The maximum absolute atomic E-state index is 12.1. The monoisotopic (exact) mass is 286 g/mol. The highest BCUT2D eigenvalue weighted by molar-refractivity contribution is 6.17. The molecule has 1 aromatic carbocycles. The fraction of sp³-hybridized carbons (Fsp3) is 0.0833. The Morgan fingerprint density at radius 3 is 2.63 bits per heavy atom. The van der Waals surface area contributed by atoms with Gasteiger partial charge in [-0.05, 0) is 18.2 Å². The van der Waals surface area contributed by atoms with E-state index in [4.69, 9.17) is 17.0 Å². The molecule has 0 aliphatic carbocycles. The lowest BCUT2D eigenvalue weighted by molar-refractivity contribution is -0.274. The summed E-state index contributed by atoms with van der Waals surface area (Å²) in [7, 11) is 0. The molecule has 0 atom stereocenters. The summed E-state index contributed by atoms with van der Waals surface area (Å²) in [6.45, 7) is 0. The van der Waals surface area contributed by atoms with E-state index < -0.39 is 6.36 Å². The van der Waals surface area contributed by atoms with Crippen LogP contribution in [0.5, 0.6) is 5.75 Å². The highest BCUT2D eigenvalue weighted by Gasteiger charge is 2.31. The van der Waals surface area contributed by atoms with Crippen molar-refractivity contribution in [3.8, 4) is 23.1 Å². The van der Waals surface area contributed by atoms with Gasteiger partial charge in [0.15, 0.2) is 0 Å². The molecule has 0 radical (unpaired) electrons. The van der Waals surface area contributed by atoms with Crippen molar-refractivity contribution < 1.29 is 17.9 Å². The minimum atomic E-state index is -4.76. The van der Waals surface area contributed by atoms with Crippen molar-refractivity contribution in [2.45, 2.75) is 6.36 Å². The second-order valence-corrected chi connectivity index (χ2v) is 3.94. The van der Waals surface area contributed by atoms with E-state index in [2.05, 4.69) is 4.74 Å². The Labute approximate surface area is 111 Å². The second-order valence-electron chi connectivity index (χ2n) is 3.58. The van der Waals surface area contributed by atoms with Gasteiger partial charge in [-0.3, -0.25) is 4.09 Å². The lowest BCUT2D eigenvalue weighted by Crippen LogP contribution is -2.17. The molecule has 7 heteroatoms. The Kier molecular flexibility index (Phi) is 3.40. The van der Waals surface area contributed by atoms with Gasteiger partial charge in [-0.1, -0.05) is 12.1 Å². The molecule has 0 saturated heterocycles. The SMILES string of the molecule is N#Cc1ccn(Cl)c1-c1cccc(OC(F)(F)F)c1. The van der Waals surface area contributed by atoms with Crippen LogP contribution >= 0.6 is 11.8 Å². The molecule has 98 valence electrons. The predicted octanol–water partition coefficient (Wildman–Crippen LogP) is 3.93. The summed E-state index contributed by atoms with van der Waals surface area (Å²) in [5.74, 6) is -0.369. The number of hydrogen-bond acceptors (Lipinski definition) is 2. The number of ether oxygens (including phenoxy) is 1. The van der Waals surface area contributed by atoms with E-state index in [0.29, 0.717) is 11.3 Å². The molecule has 0 saturated carbocycles. The minimum absolute atomic E-state index is 0.263. The molecule has 0 unspecified atom stereocenters. The maximum atomic E-state index is 12.1. The van der Waals surface area contributed by atoms with Gasteiger partial charge in [-0.25, -0.2) is 0 Å². The van der Waals surface area contributed by atoms with Crippen molar-refractivity contribution in [2.24, 2.45) is 0 Å². The molecule has 19 heavy (non-hydrogen) atoms. The molecule has 1 aromatic heterocycles. The molecule has 0 spiro atoms. The lowest BCUT2D eigenvalue weighted by Gasteiger charge is -2.10. The van der Waals surface area contributed by atoms with Gasteiger partial charge in [-0.2, -0.15) is 5.26 Å². The van der Waals surface area contributed by atoms with Crippen molar-refractivity contribution in [3.63, 3.8) is 0 Å². The van der Waals surface area contributed by atoms with Crippen molar-refractivity contribution in [1.29, 1.82) is 5.26 Å². The van der Waals surface area contributed by atoms with Crippen molar-refractivity contribution in [3.05, 3.63) is 42.1 Å². The molecule has 0 N–H and O–H groups in total. The van der Waals surface area contributed by atoms with Crippen LogP contribution in [0.3, 0.4) is 0 Å². The third-order valence-electron chi connectivity index (χ3n) is 2.30. The normalized spacial score (nSPS) is 11.1. The first kappa shape index (κ1) is 13.3. The van der Waals surface area contributed by atoms with Gasteiger partial charge < -0.3 is 4.74 Å². The van der Waals surface area contributed by atoms with Crippen LogP contribution in [0.15, 0.2) is 36.5 Å². The summed E-state index contributed by atoms with van der Waals surface area (Å²) < 4.78 is 41.4. The molecule has 1 heterocycles. The van der Waals surface area contributed by atoms with E-state index in [9.17, 15) is 13.2 Å². The number of hydrogen-bond donors (Lipinski definition) is 0. The van der Waals surface area contributed by atoms with Gasteiger partial charge in [0.25, 0.3) is 0 Å². The third kappa shape index (κ3) is 3.01. The van der Waals surface area contributed by atoms with Gasteiger partial charge in [0, 0.05) is 23.5 Å². The van der Waals surface area contributed by atoms with Crippen LogP contribution in [0.4, 0.5) is 13.2 Å². The molecule has 2 rings (SSSR count). The van der Waals surface area contributed by atoms with Gasteiger partial charge in [0.05, 0.1) is 11.3 Å². The molecule has 2 aromatic rings. The largest absolute Gasteiger partial charge is 0.573 e. The Morgan fingerprint density at radius 2 is 2.00 bits per heavy atom. The first-order valence-electron chi connectivity index (χ1n) is 5.04. The highest BCUT2D eigenvalue weighted by atomic mass is 35.5. The summed E-state index contributed by atoms with van der Waals surface area (Å²) in [6.07, 6.45) is -3.33. The van der Waals surface area contributed by atoms with Gasteiger partial charge in [0.1, 0.15) is 11.8 Å². The van der Waals surface area contributed by atoms with E-state index in [1.165, 1.54) is 36.5 Å². The number of benzene rings is 1. The number of nitriles is 1. The number of aromatic nitrogens is 1. The Morgan fingerprint density at radius 1 is 1.26 bits per heavy atom. The Balaban J connectivity index is 2.44. The second kappa shape index (κ2) is 4.86. The minimum Gasteiger partial charge on any atom is -0.406 e. The van der Waals surface area contributed by atoms with E-state index in [0.717, 1.165) is 4.09 Å². The molecule has 3 nitrogen and oxygen atoms in total. The average molecular weight is 287 g/mol. The van der Waals surface area contributed by atoms with Crippen LogP contribution in [-0.4, -0.2) is 10.4 Å². The summed E-state index contributed by atoms with van der Waals surface area (Å²) in [5, 5.41) is 8.92. The highest BCUT2D eigenvalue weighted by Crippen LogP contribution is 2.30. The zero-order valence-corrected chi connectivity index (χ0v) is 10.0. The topological polar surface area (TPSA) is 38.0 Å². The van der Waals surface area contributed by atoms with Crippen LogP contribution < -0.4 is 4.74 Å². The summed E-state index contributed by atoms with van der Waals surface area (Å²) in [4.78, 5) is 0. The zero-order chi connectivity index (χ0) is 14.0. The molecule has 0 aliphatic rings. The first-order chi connectivity index (χ1) is 8.90. The molecule has 0 bridgehead atoms. The molecule has 0 aliphatic heterocycles. The van der Waals surface area contributed by atoms with Crippen molar-refractivity contribution in [1.82, 2.24) is 4.09 Å². The van der Waals surface area contributed by atoms with E-state index in [1.807, 2.05) is 6.07 Å². The Bertz CT molecular complexity index is 643. The molecule has 0 fully saturated rings. The zero-order valence-electron chi connectivity index (χ0n) is 9.28. The summed E-state index contributed by atoms with van der Waals surface area (Å²) in [6, 6.07) is 8.66. The van der Waals surface area contributed by atoms with E-state index >= 15 is 0 Å². The average Bonchev–Trinajstić information content (AvgIpc) is 2.68. The summed E-state index contributed by atoms with van der Waals surface area (Å²) in [5.41, 5.74) is 0.939. The number of nitrogens with zero attached hydrogens (tertiary/aromatic N) is 2. The van der Waals surface area contributed by atoms with Gasteiger partial charge in [0.2, 0.25) is 0 Å². The summed E-state index contributed by atoms with van der Waals surface area (Å²) >= 11 is 5.85. The fourth-order valence-electron chi connectivity index (χ4n) is 1.62. The van der Waals surface area contributed by atoms with Crippen molar-refractivity contribution in [2.75, 3.05) is 0 Å². The number of halogens is 4. The number of alkyl halides is 3. The quantitative estimate of drug-likeness (QED) is 0.839. The lowest BCUT2D eigenvalue weighted by atomic mass is 10.1. The van der Waals surface area contributed by atoms with E-state index in [-0.39, 0.29) is 11.3 Å². The van der Waals surface area contributed by atoms with Gasteiger partial charge >= 0.3 is 6.36 Å². The van der Waals surface area contributed by atoms with Crippen LogP contribution in [-0.2, 0) is 0 Å². The Hall–Kier alpha value is -2.13. The third-order valence-corrected chi connectivity index (χ3v) is 2.58. The smallest absolute Gasteiger partial charge is 0.406 e. The predicted molar refractivity (Wildman–Crippen MR) is 62.5 cm³/mol. The molecular weight excluding hydrogens is 281 g/mol. The first-order valence-corrected chi connectivity index (χ1v) is 5.38. The van der Waals surface area contributed by atoms with Crippen molar-refractivity contribution >= 4 is 11.8 Å². The van der Waals surface area contributed by atoms with Crippen LogP contribution in [0, 0.1) is 11.3 Å². The van der Waals surface area contributed by atoms with Crippen LogP contribution in [0.25, 0.3) is 11.3 Å². The van der Waals surface area contributed by atoms with E-state index in [1.54, 1.807) is 0 Å². The van der Waals surface area contributed by atoms with Gasteiger partial charge in [-0.15, -0.1) is 13.2 Å².